The van der Waals surface area contributed by atoms with Crippen molar-refractivity contribution in [2.75, 3.05) is 6.61 Å². The van der Waals surface area contributed by atoms with E-state index in [0.29, 0.717) is 6.61 Å². The van der Waals surface area contributed by atoms with Crippen molar-refractivity contribution in [1.82, 2.24) is 0 Å². The van der Waals surface area contributed by atoms with Crippen molar-refractivity contribution < 1.29 is 40.5 Å². The Bertz CT molecular complexity index is 317. The van der Waals surface area contributed by atoms with E-state index in [1.54, 1.807) is 0 Å². The molecule has 0 aliphatic carbocycles. The molecule has 4 heteroatoms. The molecule has 3 nitrogen and oxygen atoms in total. The summed E-state index contributed by atoms with van der Waals surface area (Å²) in [5.41, 5.74) is 5.76. The maximum Gasteiger partial charge on any atom is 1.00 e. The van der Waals surface area contributed by atoms with Gasteiger partial charge in [0.1, 0.15) is 6.04 Å². The molecule has 0 aromatic heterocycles. The summed E-state index contributed by atoms with van der Waals surface area (Å²) in [6, 6.07) is -0.476. The van der Waals surface area contributed by atoms with Crippen LogP contribution in [0.25, 0.3) is 0 Å². The van der Waals surface area contributed by atoms with Gasteiger partial charge in [0.15, 0.2) is 0 Å². The zero-order valence-electron chi connectivity index (χ0n) is 20.1. The minimum atomic E-state index is -0.476. The predicted octanol–water partition coefficient (Wildman–Crippen LogP) is 3.89. The molecule has 0 aromatic rings. The van der Waals surface area contributed by atoms with Crippen LogP contribution in [0.3, 0.4) is 0 Å². The van der Waals surface area contributed by atoms with Gasteiger partial charge >= 0.3 is 35.5 Å². The number of rotatable bonds is 19. The first-order valence-corrected chi connectivity index (χ1v) is 11.5. The summed E-state index contributed by atoms with van der Waals surface area (Å²) < 4.78 is 5.22. The molecule has 0 aromatic carbocycles. The van der Waals surface area contributed by atoms with Gasteiger partial charge in [-0.3, -0.25) is 4.79 Å². The van der Waals surface area contributed by atoms with Crippen molar-refractivity contribution in [1.29, 1.82) is 0 Å². The van der Waals surface area contributed by atoms with E-state index in [-0.39, 0.29) is 42.9 Å². The van der Waals surface area contributed by atoms with Crippen LogP contribution in [-0.4, -0.2) is 18.6 Å². The van der Waals surface area contributed by atoms with Gasteiger partial charge in [-0.15, -0.1) is 0 Å². The second kappa shape index (κ2) is 22.7. The van der Waals surface area contributed by atoms with Gasteiger partial charge in [-0.2, -0.15) is 0 Å². The normalized spacial score (nSPS) is 12.0. The topological polar surface area (TPSA) is 52.3 Å². The molecular weight excluding hydrogens is 345 g/mol. The fourth-order valence-electron chi connectivity index (χ4n) is 3.19. The van der Waals surface area contributed by atoms with E-state index < -0.39 is 6.04 Å². The van der Waals surface area contributed by atoms with Crippen LogP contribution in [0.2, 0.25) is 0 Å². The Kier molecular flexibility index (Phi) is 24.9. The Morgan fingerprint density at radius 1 is 0.741 bits per heavy atom. The first kappa shape index (κ1) is 29.6. The number of unbranched alkanes of at least 4 members (excludes halogenated alkanes) is 15. The molecule has 1 atom stereocenters. The summed E-state index contributed by atoms with van der Waals surface area (Å²) in [6.45, 7) is 6.70. The van der Waals surface area contributed by atoms with E-state index >= 15 is 0 Å². The van der Waals surface area contributed by atoms with Gasteiger partial charge in [-0.1, -0.05) is 117 Å². The van der Waals surface area contributed by atoms with Crippen molar-refractivity contribution >= 4 is 5.97 Å². The van der Waals surface area contributed by atoms with Gasteiger partial charge < -0.3 is 11.9 Å². The van der Waals surface area contributed by atoms with Crippen LogP contribution >= 0.6 is 0 Å². The summed E-state index contributed by atoms with van der Waals surface area (Å²) in [4.78, 5) is 11.6. The Hall–Kier alpha value is 0.430. The van der Waals surface area contributed by atoms with E-state index in [0.717, 1.165) is 12.8 Å². The molecule has 0 saturated carbocycles. The van der Waals surface area contributed by atoms with Crippen molar-refractivity contribution in [3.8, 4) is 0 Å². The average molecular weight is 394 g/mol. The summed E-state index contributed by atoms with van der Waals surface area (Å²) in [7, 11) is 0. The molecule has 158 valence electrons. The summed E-state index contributed by atoms with van der Waals surface area (Å²) in [5, 5.41) is 0. The van der Waals surface area contributed by atoms with Crippen molar-refractivity contribution in [3.05, 3.63) is 0 Å². The Morgan fingerprint density at radius 2 is 1.07 bits per heavy atom. The van der Waals surface area contributed by atoms with E-state index in [1.165, 1.54) is 89.9 Å². The van der Waals surface area contributed by atoms with E-state index in [4.69, 9.17) is 10.5 Å². The van der Waals surface area contributed by atoms with Gasteiger partial charge in [-0.05, 0) is 12.3 Å². The van der Waals surface area contributed by atoms with Crippen LogP contribution in [0, 0.1) is 5.92 Å². The predicted molar refractivity (Wildman–Crippen MR) is 114 cm³/mol. The Morgan fingerprint density at radius 3 is 1.41 bits per heavy atom. The maximum atomic E-state index is 11.6. The third kappa shape index (κ3) is 21.0. The molecule has 0 aliphatic heterocycles. The van der Waals surface area contributed by atoms with Gasteiger partial charge in [0, 0.05) is 0 Å². The third-order valence-corrected chi connectivity index (χ3v) is 5.23. The SMILES string of the molecule is CCCCCCCCCCCCCCCCCCOC(=O)[C@@H](N)C(C)C.[H-].[Na+]. The quantitative estimate of drug-likeness (QED) is 0.206. The summed E-state index contributed by atoms with van der Waals surface area (Å²) in [6.07, 6.45) is 21.6. The third-order valence-electron chi connectivity index (χ3n) is 5.23. The van der Waals surface area contributed by atoms with Crippen LogP contribution in [0.1, 0.15) is 125 Å². The second-order valence-electron chi connectivity index (χ2n) is 8.24. The molecular formula is C23H48NNaO2. The smallest absolute Gasteiger partial charge is 1.00 e. The molecule has 27 heavy (non-hydrogen) atoms. The largest absolute Gasteiger partial charge is 1.00 e. The van der Waals surface area contributed by atoms with E-state index in [9.17, 15) is 4.79 Å². The minimum absolute atomic E-state index is 0. The standard InChI is InChI=1S/C23H47NO2.Na.H/c1-4-5-6-7-8-9-10-11-12-13-14-15-16-17-18-19-20-26-23(25)22(24)21(2)3;;/h21-22H,4-20,24H2,1-3H3;;/q;+1;-1/t22-;;/m0../s1. The van der Waals surface area contributed by atoms with Crippen LogP contribution in [-0.2, 0) is 9.53 Å². The molecule has 0 fully saturated rings. The van der Waals surface area contributed by atoms with Crippen LogP contribution < -0.4 is 35.3 Å². The fourth-order valence-corrected chi connectivity index (χ4v) is 3.19. The first-order valence-electron chi connectivity index (χ1n) is 11.5. The number of hydrogen-bond donors (Lipinski definition) is 1. The molecule has 0 bridgehead atoms. The minimum Gasteiger partial charge on any atom is -1.00 e. The van der Waals surface area contributed by atoms with Crippen molar-refractivity contribution in [2.45, 2.75) is 130 Å². The van der Waals surface area contributed by atoms with E-state index in [1.807, 2.05) is 13.8 Å². The molecule has 0 radical (unpaired) electrons. The van der Waals surface area contributed by atoms with Crippen LogP contribution in [0.4, 0.5) is 0 Å². The molecule has 0 rings (SSSR count). The molecule has 0 amide bonds. The monoisotopic (exact) mass is 393 g/mol. The van der Waals surface area contributed by atoms with E-state index in [2.05, 4.69) is 6.92 Å². The summed E-state index contributed by atoms with van der Waals surface area (Å²) in [5.74, 6) is -0.103. The molecule has 0 saturated heterocycles. The number of nitrogens with two attached hydrogens (primary N) is 1. The number of carbonyl (C=O) groups excluding carboxylic acids is 1. The van der Waals surface area contributed by atoms with Gasteiger partial charge in [-0.25, -0.2) is 0 Å². The number of carbonyl (C=O) groups is 1. The van der Waals surface area contributed by atoms with Crippen molar-refractivity contribution in [3.63, 3.8) is 0 Å². The number of esters is 1. The zero-order chi connectivity index (χ0) is 19.5. The molecule has 0 unspecified atom stereocenters. The maximum absolute atomic E-state index is 11.6. The molecule has 0 spiro atoms. The molecule has 2 N–H and O–H groups in total. The fraction of sp³-hybridized carbons (Fsp3) is 0.957. The average Bonchev–Trinajstić information content (AvgIpc) is 2.63. The Labute approximate surface area is 193 Å². The van der Waals surface area contributed by atoms with Crippen LogP contribution in [0.15, 0.2) is 0 Å². The number of hydrogen-bond acceptors (Lipinski definition) is 3. The molecule has 0 heterocycles. The zero-order valence-corrected chi connectivity index (χ0v) is 21.1. The first-order chi connectivity index (χ1) is 12.6. The molecule has 0 aliphatic rings. The summed E-state index contributed by atoms with van der Waals surface area (Å²) >= 11 is 0. The number of ether oxygens (including phenoxy) is 1. The van der Waals surface area contributed by atoms with Gasteiger partial charge in [0.25, 0.3) is 0 Å². The second-order valence-corrected chi connectivity index (χ2v) is 8.24. The Balaban J connectivity index is -0.00000312. The van der Waals surface area contributed by atoms with Gasteiger partial charge in [0.2, 0.25) is 0 Å². The van der Waals surface area contributed by atoms with Gasteiger partial charge in [0.05, 0.1) is 6.61 Å². The van der Waals surface area contributed by atoms with Crippen LogP contribution in [0.5, 0.6) is 0 Å². The van der Waals surface area contributed by atoms with Crippen molar-refractivity contribution in [2.24, 2.45) is 11.7 Å².